The van der Waals surface area contributed by atoms with E-state index in [0.29, 0.717) is 5.56 Å². The van der Waals surface area contributed by atoms with Crippen LogP contribution in [0.4, 0.5) is 0 Å². The molecule has 0 amide bonds. The van der Waals surface area contributed by atoms with Gasteiger partial charge < -0.3 is 13.7 Å². The largest absolute Gasteiger partial charge is 0.341 e. The summed E-state index contributed by atoms with van der Waals surface area (Å²) in [6.45, 7) is 3.03. The summed E-state index contributed by atoms with van der Waals surface area (Å²) in [5, 5.41) is 17.0. The molecule has 7 aromatic carbocycles. The van der Waals surface area contributed by atoms with Gasteiger partial charge in [-0.2, -0.15) is 5.26 Å². The normalized spacial score (nSPS) is 11.8. The van der Waals surface area contributed by atoms with Gasteiger partial charge >= 0.3 is 0 Å². The first-order valence-electron chi connectivity index (χ1n) is 16.8. The number of aryl methyl sites for hydroxylation is 1. The molecule has 0 bridgehead atoms. The fraction of sp³-hybridized carbons (Fsp3) is 0.0444. The number of para-hydroxylation sites is 4. The SMILES string of the molecule is CCn1c2ccc(C#N)cc2c2cc(-c3cc(-n4c5ccccc5c5ccccc54)cc(-n4c5ccccc5c5ccccc54)c3)ccc21. The summed E-state index contributed by atoms with van der Waals surface area (Å²) in [7, 11) is 0. The van der Waals surface area contributed by atoms with E-state index in [2.05, 4.69) is 166 Å². The highest BCUT2D eigenvalue weighted by atomic mass is 15.0. The minimum Gasteiger partial charge on any atom is -0.341 e. The maximum Gasteiger partial charge on any atom is 0.0991 e. The van der Waals surface area contributed by atoms with Gasteiger partial charge in [-0.1, -0.05) is 78.9 Å². The van der Waals surface area contributed by atoms with Crippen molar-refractivity contribution in [3.05, 3.63) is 157 Å². The van der Waals surface area contributed by atoms with Crippen molar-refractivity contribution in [3.63, 3.8) is 0 Å². The topological polar surface area (TPSA) is 38.6 Å². The van der Waals surface area contributed by atoms with Gasteiger partial charge in [-0.05, 0) is 90.8 Å². The zero-order chi connectivity index (χ0) is 32.6. The van der Waals surface area contributed by atoms with Crippen LogP contribution < -0.4 is 0 Å². The van der Waals surface area contributed by atoms with E-state index >= 15 is 0 Å². The van der Waals surface area contributed by atoms with Gasteiger partial charge in [0, 0.05) is 61.3 Å². The monoisotopic (exact) mass is 626 g/mol. The molecule has 4 heteroatoms. The molecule has 0 aliphatic heterocycles. The van der Waals surface area contributed by atoms with Crippen molar-refractivity contribution in [3.8, 4) is 28.6 Å². The number of aromatic nitrogens is 3. The lowest BCUT2D eigenvalue weighted by molar-refractivity contribution is 0.827. The first-order valence-corrected chi connectivity index (χ1v) is 16.8. The molecular weight excluding hydrogens is 597 g/mol. The minimum atomic E-state index is 0.676. The zero-order valence-electron chi connectivity index (χ0n) is 26.9. The van der Waals surface area contributed by atoms with Crippen LogP contribution in [0.3, 0.4) is 0 Å². The van der Waals surface area contributed by atoms with E-state index in [1.54, 1.807) is 0 Å². The highest BCUT2D eigenvalue weighted by Gasteiger charge is 2.18. The average molecular weight is 627 g/mol. The second-order valence-electron chi connectivity index (χ2n) is 12.8. The van der Waals surface area contributed by atoms with Gasteiger partial charge in [-0.3, -0.25) is 0 Å². The molecule has 0 saturated heterocycles. The molecule has 3 heterocycles. The summed E-state index contributed by atoms with van der Waals surface area (Å²) in [5.74, 6) is 0. The van der Waals surface area contributed by atoms with Crippen molar-refractivity contribution in [2.75, 3.05) is 0 Å². The van der Waals surface area contributed by atoms with E-state index in [1.165, 1.54) is 49.1 Å². The number of nitrogens with zero attached hydrogens (tertiary/aromatic N) is 4. The van der Waals surface area contributed by atoms with Crippen LogP contribution in [0.5, 0.6) is 0 Å². The Morgan fingerprint density at radius 1 is 0.429 bits per heavy atom. The molecular formula is C45H30N4. The summed E-state index contributed by atoms with van der Waals surface area (Å²) in [6, 6.07) is 57.0. The van der Waals surface area contributed by atoms with Crippen LogP contribution in [0.15, 0.2) is 152 Å². The third kappa shape index (κ3) is 3.97. The number of hydrogen-bond donors (Lipinski definition) is 0. The number of fused-ring (bicyclic) bond motifs is 9. The Hall–Kier alpha value is -6.57. The van der Waals surface area contributed by atoms with E-state index in [0.717, 1.165) is 45.3 Å². The molecule has 0 unspecified atom stereocenters. The molecule has 230 valence electrons. The summed E-state index contributed by atoms with van der Waals surface area (Å²) in [6.07, 6.45) is 0. The van der Waals surface area contributed by atoms with Gasteiger partial charge in [0.05, 0.1) is 33.7 Å². The van der Waals surface area contributed by atoms with Gasteiger partial charge in [0.25, 0.3) is 0 Å². The van der Waals surface area contributed by atoms with E-state index < -0.39 is 0 Å². The Morgan fingerprint density at radius 2 is 0.878 bits per heavy atom. The number of rotatable bonds is 4. The van der Waals surface area contributed by atoms with Crippen LogP contribution in [0.1, 0.15) is 12.5 Å². The van der Waals surface area contributed by atoms with Crippen LogP contribution in [0.25, 0.3) is 87.9 Å². The highest BCUT2D eigenvalue weighted by molar-refractivity contribution is 6.12. The Morgan fingerprint density at radius 3 is 1.35 bits per heavy atom. The maximum atomic E-state index is 9.75. The fourth-order valence-electron chi connectivity index (χ4n) is 8.12. The third-order valence-electron chi connectivity index (χ3n) is 10.2. The van der Waals surface area contributed by atoms with Crippen molar-refractivity contribution in [1.29, 1.82) is 5.26 Å². The second-order valence-corrected chi connectivity index (χ2v) is 12.8. The molecule has 10 aromatic rings. The smallest absolute Gasteiger partial charge is 0.0991 e. The number of nitriles is 1. The van der Waals surface area contributed by atoms with E-state index in [4.69, 9.17) is 0 Å². The second kappa shape index (κ2) is 10.5. The first-order chi connectivity index (χ1) is 24.2. The lowest BCUT2D eigenvalue weighted by Gasteiger charge is -2.16. The molecule has 0 radical (unpaired) electrons. The molecule has 0 N–H and O–H groups in total. The molecule has 0 aliphatic carbocycles. The Kier molecular flexibility index (Phi) is 5.88. The first kappa shape index (κ1) is 27.5. The van der Waals surface area contributed by atoms with Gasteiger partial charge in [0.2, 0.25) is 0 Å². The molecule has 10 rings (SSSR count). The predicted molar refractivity (Wildman–Crippen MR) is 204 cm³/mol. The van der Waals surface area contributed by atoms with Crippen LogP contribution in [-0.4, -0.2) is 13.7 Å². The molecule has 0 saturated carbocycles. The van der Waals surface area contributed by atoms with Gasteiger partial charge in [0.15, 0.2) is 0 Å². The van der Waals surface area contributed by atoms with Crippen LogP contribution in [-0.2, 0) is 6.54 Å². The van der Waals surface area contributed by atoms with Gasteiger partial charge in [0.1, 0.15) is 0 Å². The van der Waals surface area contributed by atoms with Crippen molar-refractivity contribution in [2.24, 2.45) is 0 Å². The summed E-state index contributed by atoms with van der Waals surface area (Å²) in [5.41, 5.74) is 12.2. The standard InChI is InChI=1S/C45H30N4/c1-2-47-40-21-19-29(28-46)23-38(40)39-26-30(20-22-41(39)47)31-24-32(48-42-15-7-3-11-34(42)35-12-4-8-16-43(35)48)27-33(25-31)49-44-17-9-5-13-36(44)37-14-6-10-18-45(37)49/h3-27H,2H2,1H3. The molecule has 3 aromatic heterocycles. The summed E-state index contributed by atoms with van der Waals surface area (Å²) >= 11 is 0. The third-order valence-corrected chi connectivity index (χ3v) is 10.2. The van der Waals surface area contributed by atoms with Gasteiger partial charge in [-0.25, -0.2) is 0 Å². The summed E-state index contributed by atoms with van der Waals surface area (Å²) in [4.78, 5) is 0. The van der Waals surface area contributed by atoms with Crippen molar-refractivity contribution in [1.82, 2.24) is 13.7 Å². The Labute approximate surface area is 282 Å². The van der Waals surface area contributed by atoms with E-state index in [9.17, 15) is 5.26 Å². The van der Waals surface area contributed by atoms with Crippen LogP contribution in [0, 0.1) is 11.3 Å². The molecule has 0 spiro atoms. The van der Waals surface area contributed by atoms with Crippen LogP contribution in [0.2, 0.25) is 0 Å². The number of benzene rings is 7. The molecule has 0 aliphatic rings. The predicted octanol–water partition coefficient (Wildman–Crippen LogP) is 11.5. The van der Waals surface area contributed by atoms with Crippen LogP contribution >= 0.6 is 0 Å². The van der Waals surface area contributed by atoms with Crippen molar-refractivity contribution in [2.45, 2.75) is 13.5 Å². The Bertz CT molecular complexity index is 2760. The molecule has 4 nitrogen and oxygen atoms in total. The summed E-state index contributed by atoms with van der Waals surface area (Å²) < 4.78 is 7.16. The van der Waals surface area contributed by atoms with Gasteiger partial charge in [-0.15, -0.1) is 0 Å². The molecule has 0 fully saturated rings. The van der Waals surface area contributed by atoms with Crippen molar-refractivity contribution < 1.29 is 0 Å². The quantitative estimate of drug-likeness (QED) is 0.192. The molecule has 0 atom stereocenters. The lowest BCUT2D eigenvalue weighted by Crippen LogP contribution is -2.00. The van der Waals surface area contributed by atoms with Crippen molar-refractivity contribution >= 4 is 65.4 Å². The fourth-order valence-corrected chi connectivity index (χ4v) is 8.12. The Balaban J connectivity index is 1.31. The average Bonchev–Trinajstić information content (AvgIpc) is 3.79. The van der Waals surface area contributed by atoms with E-state index in [-0.39, 0.29) is 0 Å². The highest BCUT2D eigenvalue weighted by Crippen LogP contribution is 2.39. The lowest BCUT2D eigenvalue weighted by atomic mass is 10.0. The maximum absolute atomic E-state index is 9.75. The minimum absolute atomic E-state index is 0.676. The number of hydrogen-bond acceptors (Lipinski definition) is 1. The zero-order valence-corrected chi connectivity index (χ0v) is 26.9. The van der Waals surface area contributed by atoms with E-state index in [1.807, 2.05) is 12.1 Å². The molecule has 49 heavy (non-hydrogen) atoms.